The van der Waals surface area contributed by atoms with E-state index in [1.165, 1.54) is 5.69 Å². The van der Waals surface area contributed by atoms with Crippen LogP contribution < -0.4 is 9.80 Å². The Labute approximate surface area is 166 Å². The third-order valence-electron chi connectivity index (χ3n) is 5.95. The summed E-state index contributed by atoms with van der Waals surface area (Å²) in [6.07, 6.45) is 1.77. The van der Waals surface area contributed by atoms with Crippen molar-refractivity contribution in [2.45, 2.75) is 0 Å². The molecule has 8 heteroatoms. The molecule has 0 aliphatic carbocycles. The molecule has 0 saturated carbocycles. The second kappa shape index (κ2) is 5.91. The molecule has 1 spiro atoms. The van der Waals surface area contributed by atoms with Crippen LogP contribution in [0.1, 0.15) is 0 Å². The van der Waals surface area contributed by atoms with Crippen molar-refractivity contribution in [1.29, 1.82) is 0 Å². The van der Waals surface area contributed by atoms with Gasteiger partial charge in [-0.05, 0) is 30.3 Å². The number of H-pyrrole nitrogens is 1. The quantitative estimate of drug-likeness (QED) is 0.559. The van der Waals surface area contributed by atoms with Gasteiger partial charge in [0.05, 0.1) is 17.4 Å². The Kier molecular flexibility index (Phi) is 3.32. The highest BCUT2D eigenvalue weighted by molar-refractivity contribution is 5.85. The maximum Gasteiger partial charge on any atom is 0.170 e. The standard InChI is InChI=1S/C21H19N7O/c29-19-4-2-1-3-16(19)18-7-14-5-6-15(8-17(14)23-24-18)27-10-21(11-27)12-28(13-21)20-9-22-26-25-20/h1-9,29H,10-13H2,(H,22,25,26). The van der Waals surface area contributed by atoms with Gasteiger partial charge in [-0.1, -0.05) is 18.2 Å². The van der Waals surface area contributed by atoms with Gasteiger partial charge in [0.15, 0.2) is 5.82 Å². The fourth-order valence-corrected chi connectivity index (χ4v) is 4.46. The fourth-order valence-electron chi connectivity index (χ4n) is 4.46. The first-order chi connectivity index (χ1) is 14.2. The molecular weight excluding hydrogens is 366 g/mol. The predicted octanol–water partition coefficient (Wildman–Crippen LogP) is 2.45. The van der Waals surface area contributed by atoms with Crippen molar-refractivity contribution >= 4 is 22.4 Å². The van der Waals surface area contributed by atoms with Crippen LogP contribution in [0.5, 0.6) is 5.75 Å². The largest absolute Gasteiger partial charge is 0.507 e. The van der Waals surface area contributed by atoms with Gasteiger partial charge in [0.25, 0.3) is 0 Å². The highest BCUT2D eigenvalue weighted by Gasteiger charge is 2.52. The van der Waals surface area contributed by atoms with Crippen LogP contribution >= 0.6 is 0 Å². The number of aromatic amines is 1. The molecule has 29 heavy (non-hydrogen) atoms. The van der Waals surface area contributed by atoms with Crippen molar-refractivity contribution in [1.82, 2.24) is 25.6 Å². The van der Waals surface area contributed by atoms with Crippen LogP contribution in [0.4, 0.5) is 11.5 Å². The normalized spacial score (nSPS) is 17.4. The highest BCUT2D eigenvalue weighted by Crippen LogP contribution is 2.43. The van der Waals surface area contributed by atoms with Crippen LogP contribution in [0.3, 0.4) is 0 Å². The molecule has 0 radical (unpaired) electrons. The first kappa shape index (κ1) is 16.3. The van der Waals surface area contributed by atoms with E-state index in [-0.39, 0.29) is 5.75 Å². The second-order valence-corrected chi connectivity index (χ2v) is 8.03. The SMILES string of the molecule is Oc1ccccc1-c1cc2ccc(N3CC4(C3)CN(c3cn[nH]n3)C4)cc2nn1. The van der Waals surface area contributed by atoms with Crippen LogP contribution in [0.2, 0.25) is 0 Å². The molecular formula is C21H19N7O. The first-order valence-electron chi connectivity index (χ1n) is 9.61. The molecule has 0 bridgehead atoms. The molecule has 2 saturated heterocycles. The van der Waals surface area contributed by atoms with E-state index in [2.05, 4.69) is 53.6 Å². The molecule has 4 aromatic rings. The average molecular weight is 385 g/mol. The van der Waals surface area contributed by atoms with Crippen LogP contribution in [0.25, 0.3) is 22.2 Å². The Balaban J connectivity index is 1.19. The highest BCUT2D eigenvalue weighted by atomic mass is 16.3. The summed E-state index contributed by atoms with van der Waals surface area (Å²) in [5.41, 5.74) is 3.76. The molecule has 4 heterocycles. The monoisotopic (exact) mass is 385 g/mol. The Morgan fingerprint density at radius 1 is 0.931 bits per heavy atom. The Morgan fingerprint density at radius 3 is 2.55 bits per heavy atom. The van der Waals surface area contributed by atoms with E-state index in [0.29, 0.717) is 16.7 Å². The smallest absolute Gasteiger partial charge is 0.170 e. The summed E-state index contributed by atoms with van der Waals surface area (Å²) in [6.45, 7) is 4.12. The number of nitrogens with one attached hydrogen (secondary N) is 1. The number of benzene rings is 2. The lowest BCUT2D eigenvalue weighted by atomic mass is 9.72. The first-order valence-corrected chi connectivity index (χ1v) is 9.61. The van der Waals surface area contributed by atoms with E-state index in [0.717, 1.165) is 42.9 Å². The number of fused-ring (bicyclic) bond motifs is 1. The topological polar surface area (TPSA) is 94.1 Å². The average Bonchev–Trinajstić information content (AvgIpc) is 3.20. The molecule has 144 valence electrons. The van der Waals surface area contributed by atoms with Gasteiger partial charge in [-0.25, -0.2) is 0 Å². The van der Waals surface area contributed by atoms with Crippen molar-refractivity contribution < 1.29 is 5.11 Å². The molecule has 2 aliphatic heterocycles. The summed E-state index contributed by atoms with van der Waals surface area (Å²) in [5.74, 6) is 1.14. The zero-order valence-corrected chi connectivity index (χ0v) is 15.7. The van der Waals surface area contributed by atoms with E-state index >= 15 is 0 Å². The van der Waals surface area contributed by atoms with Gasteiger partial charge in [0, 0.05) is 48.2 Å². The lowest BCUT2D eigenvalue weighted by Crippen LogP contribution is -2.72. The lowest BCUT2D eigenvalue weighted by molar-refractivity contribution is 0.156. The van der Waals surface area contributed by atoms with Crippen LogP contribution in [0.15, 0.2) is 54.7 Å². The maximum absolute atomic E-state index is 10.1. The van der Waals surface area contributed by atoms with Crippen molar-refractivity contribution in [3.63, 3.8) is 0 Å². The molecule has 0 amide bonds. The minimum absolute atomic E-state index is 0.212. The zero-order valence-electron chi connectivity index (χ0n) is 15.7. The van der Waals surface area contributed by atoms with Crippen molar-refractivity contribution in [3.8, 4) is 17.0 Å². The summed E-state index contributed by atoms with van der Waals surface area (Å²) in [5, 5.41) is 30.5. The third kappa shape index (κ3) is 2.60. The van der Waals surface area contributed by atoms with Gasteiger partial charge in [-0.15, -0.1) is 15.3 Å². The number of phenols is 1. The Hall–Kier alpha value is -3.68. The van der Waals surface area contributed by atoms with E-state index in [4.69, 9.17) is 0 Å². The summed E-state index contributed by atoms with van der Waals surface area (Å²) >= 11 is 0. The molecule has 6 rings (SSSR count). The summed E-state index contributed by atoms with van der Waals surface area (Å²) in [6, 6.07) is 15.5. The number of para-hydroxylation sites is 1. The number of hydrogen-bond donors (Lipinski definition) is 2. The van der Waals surface area contributed by atoms with Crippen molar-refractivity contribution in [2.24, 2.45) is 5.41 Å². The molecule has 0 atom stereocenters. The third-order valence-corrected chi connectivity index (χ3v) is 5.95. The van der Waals surface area contributed by atoms with E-state index in [9.17, 15) is 5.11 Å². The van der Waals surface area contributed by atoms with Gasteiger partial charge >= 0.3 is 0 Å². The van der Waals surface area contributed by atoms with Gasteiger partial charge in [0.2, 0.25) is 0 Å². The number of nitrogens with zero attached hydrogens (tertiary/aromatic N) is 6. The summed E-state index contributed by atoms with van der Waals surface area (Å²) in [7, 11) is 0. The lowest BCUT2D eigenvalue weighted by Gasteiger charge is -2.61. The van der Waals surface area contributed by atoms with Crippen LogP contribution in [-0.4, -0.2) is 56.9 Å². The van der Waals surface area contributed by atoms with Crippen LogP contribution in [-0.2, 0) is 0 Å². The zero-order chi connectivity index (χ0) is 19.4. The maximum atomic E-state index is 10.1. The van der Waals surface area contributed by atoms with Crippen molar-refractivity contribution in [3.05, 3.63) is 54.7 Å². The molecule has 2 aromatic heterocycles. The van der Waals surface area contributed by atoms with Gasteiger partial charge < -0.3 is 14.9 Å². The molecule has 2 N–H and O–H groups in total. The van der Waals surface area contributed by atoms with Gasteiger partial charge in [-0.2, -0.15) is 10.3 Å². The number of aromatic hydroxyl groups is 1. The molecule has 0 unspecified atom stereocenters. The summed E-state index contributed by atoms with van der Waals surface area (Å²) < 4.78 is 0. The number of phenolic OH excluding ortho intramolecular Hbond substituents is 1. The van der Waals surface area contributed by atoms with Gasteiger partial charge in [0.1, 0.15) is 5.75 Å². The minimum atomic E-state index is 0.212. The van der Waals surface area contributed by atoms with Crippen molar-refractivity contribution in [2.75, 3.05) is 36.0 Å². The Morgan fingerprint density at radius 2 is 1.76 bits per heavy atom. The Bertz CT molecular complexity index is 1190. The molecule has 2 fully saturated rings. The van der Waals surface area contributed by atoms with E-state index in [1.807, 2.05) is 18.2 Å². The summed E-state index contributed by atoms with van der Waals surface area (Å²) in [4.78, 5) is 4.64. The number of aromatic nitrogens is 5. The predicted molar refractivity (Wildman–Crippen MR) is 110 cm³/mol. The molecule has 8 nitrogen and oxygen atoms in total. The fraction of sp³-hybridized carbons (Fsp3) is 0.238. The molecule has 2 aromatic carbocycles. The number of rotatable bonds is 3. The van der Waals surface area contributed by atoms with E-state index in [1.54, 1.807) is 18.3 Å². The number of hydrogen-bond acceptors (Lipinski definition) is 7. The van der Waals surface area contributed by atoms with Gasteiger partial charge in [-0.3, -0.25) is 0 Å². The minimum Gasteiger partial charge on any atom is -0.507 e. The van der Waals surface area contributed by atoms with Crippen LogP contribution in [0, 0.1) is 5.41 Å². The molecule has 2 aliphatic rings. The van der Waals surface area contributed by atoms with E-state index < -0.39 is 0 Å². The second-order valence-electron chi connectivity index (χ2n) is 8.03. The number of anilines is 2.